The summed E-state index contributed by atoms with van der Waals surface area (Å²) in [6.45, 7) is 1.38. The largest absolute Gasteiger partial charge is 0.497 e. The summed E-state index contributed by atoms with van der Waals surface area (Å²) in [5.41, 5.74) is 1.18. The second kappa shape index (κ2) is 8.65. The average Bonchev–Trinajstić information content (AvgIpc) is 2.60. The number of anilines is 1. The third-order valence-corrected chi connectivity index (χ3v) is 4.68. The first-order valence-corrected chi connectivity index (χ1v) is 9.57. The SMILES string of the molecule is COc1ccc([C@@H](CC(=O)Nc2ccc(S(N)(=O)=O)cc2)NC(C)=O)cc1. The van der Waals surface area contributed by atoms with Crippen LogP contribution in [0.15, 0.2) is 53.4 Å². The summed E-state index contributed by atoms with van der Waals surface area (Å²) in [6, 6.07) is 12.0. The minimum absolute atomic E-state index is 0.00283. The summed E-state index contributed by atoms with van der Waals surface area (Å²) in [6.07, 6.45) is 0.00283. The fourth-order valence-electron chi connectivity index (χ4n) is 2.46. The van der Waals surface area contributed by atoms with Crippen molar-refractivity contribution in [3.05, 3.63) is 54.1 Å². The highest BCUT2D eigenvalue weighted by atomic mass is 32.2. The first-order chi connectivity index (χ1) is 12.7. The number of ether oxygens (including phenoxy) is 1. The Balaban J connectivity index is 2.09. The quantitative estimate of drug-likeness (QED) is 0.660. The Morgan fingerprint density at radius 2 is 1.67 bits per heavy atom. The van der Waals surface area contributed by atoms with Gasteiger partial charge in [0.1, 0.15) is 5.75 Å². The van der Waals surface area contributed by atoms with Crippen molar-refractivity contribution in [1.82, 2.24) is 5.32 Å². The minimum Gasteiger partial charge on any atom is -0.497 e. The van der Waals surface area contributed by atoms with E-state index in [4.69, 9.17) is 9.88 Å². The molecule has 0 spiro atoms. The molecule has 0 aliphatic heterocycles. The van der Waals surface area contributed by atoms with Gasteiger partial charge in [0.2, 0.25) is 21.8 Å². The molecule has 4 N–H and O–H groups in total. The summed E-state index contributed by atoms with van der Waals surface area (Å²) >= 11 is 0. The molecular formula is C18H21N3O5S. The Kier molecular flexibility index (Phi) is 6.54. The normalized spacial score (nSPS) is 12.1. The number of nitrogens with two attached hydrogens (primary N) is 1. The summed E-state index contributed by atoms with van der Waals surface area (Å²) in [5, 5.41) is 10.5. The van der Waals surface area contributed by atoms with Gasteiger partial charge in [0.05, 0.1) is 24.5 Å². The molecule has 144 valence electrons. The molecule has 0 unspecified atom stereocenters. The molecule has 0 aromatic heterocycles. The van der Waals surface area contributed by atoms with Gasteiger partial charge in [-0.15, -0.1) is 0 Å². The number of benzene rings is 2. The van der Waals surface area contributed by atoms with Gasteiger partial charge < -0.3 is 15.4 Å². The molecule has 0 radical (unpaired) electrons. The van der Waals surface area contributed by atoms with Crippen LogP contribution in [0.3, 0.4) is 0 Å². The number of rotatable bonds is 7. The maximum Gasteiger partial charge on any atom is 0.238 e. The highest BCUT2D eigenvalue weighted by Gasteiger charge is 2.18. The molecule has 8 nitrogen and oxygen atoms in total. The van der Waals surface area contributed by atoms with E-state index in [-0.39, 0.29) is 23.1 Å². The fraction of sp³-hybridized carbons (Fsp3) is 0.222. The number of primary sulfonamides is 1. The molecule has 2 aromatic rings. The maximum absolute atomic E-state index is 12.4. The van der Waals surface area contributed by atoms with E-state index < -0.39 is 16.1 Å². The van der Waals surface area contributed by atoms with Gasteiger partial charge in [-0.2, -0.15) is 0 Å². The predicted octanol–water partition coefficient (Wildman–Crippen LogP) is 1.55. The number of carbonyl (C=O) groups excluding carboxylic acids is 2. The lowest BCUT2D eigenvalue weighted by atomic mass is 10.0. The number of methoxy groups -OCH3 is 1. The maximum atomic E-state index is 12.4. The zero-order valence-corrected chi connectivity index (χ0v) is 15.7. The Labute approximate surface area is 157 Å². The van der Waals surface area contributed by atoms with Crippen LogP contribution in [-0.4, -0.2) is 27.3 Å². The lowest BCUT2D eigenvalue weighted by Gasteiger charge is -2.18. The molecule has 0 aliphatic rings. The first kappa shape index (κ1) is 20.4. The van der Waals surface area contributed by atoms with E-state index in [1.165, 1.54) is 31.2 Å². The Morgan fingerprint density at radius 3 is 2.15 bits per heavy atom. The standard InChI is InChI=1S/C18H21N3O5S/c1-12(22)20-17(13-3-7-15(26-2)8-4-13)11-18(23)21-14-5-9-16(10-6-14)27(19,24)25/h3-10,17H,11H2,1-2H3,(H,20,22)(H,21,23)(H2,19,24,25)/t17-/m1/s1. The second-order valence-corrected chi connectivity index (χ2v) is 7.41. The smallest absolute Gasteiger partial charge is 0.238 e. The highest BCUT2D eigenvalue weighted by Crippen LogP contribution is 2.21. The lowest BCUT2D eigenvalue weighted by molar-refractivity contribution is -0.120. The fourth-order valence-corrected chi connectivity index (χ4v) is 2.97. The van der Waals surface area contributed by atoms with Gasteiger partial charge >= 0.3 is 0 Å². The van der Waals surface area contributed by atoms with Crippen LogP contribution in [0, 0.1) is 0 Å². The molecule has 0 bridgehead atoms. The van der Waals surface area contributed by atoms with E-state index >= 15 is 0 Å². The van der Waals surface area contributed by atoms with Gasteiger partial charge in [-0.3, -0.25) is 9.59 Å². The zero-order valence-electron chi connectivity index (χ0n) is 14.9. The lowest BCUT2D eigenvalue weighted by Crippen LogP contribution is -2.29. The van der Waals surface area contributed by atoms with Gasteiger partial charge in [-0.25, -0.2) is 13.6 Å². The van der Waals surface area contributed by atoms with E-state index in [0.29, 0.717) is 11.4 Å². The van der Waals surface area contributed by atoms with Gasteiger partial charge in [0, 0.05) is 12.6 Å². The third kappa shape index (κ3) is 6.08. The Bertz CT molecular complexity index is 909. The van der Waals surface area contributed by atoms with Crippen molar-refractivity contribution in [3.8, 4) is 5.75 Å². The molecule has 0 saturated carbocycles. The van der Waals surface area contributed by atoms with Crippen LogP contribution >= 0.6 is 0 Å². The van der Waals surface area contributed by atoms with E-state index in [1.807, 2.05) is 0 Å². The van der Waals surface area contributed by atoms with Crippen molar-refractivity contribution < 1.29 is 22.7 Å². The minimum atomic E-state index is -3.79. The molecule has 2 aromatic carbocycles. The van der Waals surface area contributed by atoms with Crippen LogP contribution in [0.25, 0.3) is 0 Å². The van der Waals surface area contributed by atoms with Crippen LogP contribution in [-0.2, 0) is 19.6 Å². The molecular weight excluding hydrogens is 370 g/mol. The predicted molar refractivity (Wildman–Crippen MR) is 101 cm³/mol. The van der Waals surface area contributed by atoms with Crippen molar-refractivity contribution in [1.29, 1.82) is 0 Å². The van der Waals surface area contributed by atoms with Crippen molar-refractivity contribution in [2.45, 2.75) is 24.3 Å². The molecule has 27 heavy (non-hydrogen) atoms. The molecule has 0 aliphatic carbocycles. The van der Waals surface area contributed by atoms with Crippen LogP contribution in [0.1, 0.15) is 24.9 Å². The summed E-state index contributed by atoms with van der Waals surface area (Å²) in [4.78, 5) is 23.8. The van der Waals surface area contributed by atoms with Gasteiger partial charge in [-0.05, 0) is 42.0 Å². The van der Waals surface area contributed by atoms with E-state index in [9.17, 15) is 18.0 Å². The van der Waals surface area contributed by atoms with Crippen LogP contribution < -0.4 is 20.5 Å². The highest BCUT2D eigenvalue weighted by molar-refractivity contribution is 7.89. The van der Waals surface area contributed by atoms with Gasteiger partial charge in [0.25, 0.3) is 0 Å². The van der Waals surface area contributed by atoms with Crippen LogP contribution in [0.5, 0.6) is 5.75 Å². The molecule has 0 fully saturated rings. The summed E-state index contributed by atoms with van der Waals surface area (Å²) in [7, 11) is -2.24. The number of amides is 2. The van der Waals surface area contributed by atoms with Crippen molar-refractivity contribution >= 4 is 27.5 Å². The number of sulfonamides is 1. The zero-order chi connectivity index (χ0) is 20.0. The summed E-state index contributed by atoms with van der Waals surface area (Å²) < 4.78 is 27.6. The van der Waals surface area contributed by atoms with Crippen molar-refractivity contribution in [2.75, 3.05) is 12.4 Å². The third-order valence-electron chi connectivity index (χ3n) is 3.75. The average molecular weight is 391 g/mol. The molecule has 9 heteroatoms. The number of nitrogens with one attached hydrogen (secondary N) is 2. The molecule has 2 rings (SSSR count). The van der Waals surface area contributed by atoms with Gasteiger partial charge in [0.15, 0.2) is 0 Å². The number of hydrogen-bond acceptors (Lipinski definition) is 5. The second-order valence-electron chi connectivity index (χ2n) is 5.85. The molecule has 2 amide bonds. The molecule has 1 atom stereocenters. The molecule has 0 saturated heterocycles. The monoisotopic (exact) mass is 391 g/mol. The summed E-state index contributed by atoms with van der Waals surface area (Å²) in [5.74, 6) is 0.0637. The number of hydrogen-bond donors (Lipinski definition) is 3. The Morgan fingerprint density at radius 1 is 1.07 bits per heavy atom. The van der Waals surface area contributed by atoms with Crippen molar-refractivity contribution in [2.24, 2.45) is 5.14 Å². The first-order valence-electron chi connectivity index (χ1n) is 8.03. The van der Waals surface area contributed by atoms with Crippen LogP contribution in [0.4, 0.5) is 5.69 Å². The van der Waals surface area contributed by atoms with Crippen LogP contribution in [0.2, 0.25) is 0 Å². The Hall–Kier alpha value is -2.91. The van der Waals surface area contributed by atoms with Crippen molar-refractivity contribution in [3.63, 3.8) is 0 Å². The number of carbonyl (C=O) groups is 2. The van der Waals surface area contributed by atoms with E-state index in [0.717, 1.165) is 5.56 Å². The topological polar surface area (TPSA) is 128 Å². The van der Waals surface area contributed by atoms with E-state index in [1.54, 1.807) is 31.4 Å². The van der Waals surface area contributed by atoms with E-state index in [2.05, 4.69) is 10.6 Å². The molecule has 0 heterocycles. The van der Waals surface area contributed by atoms with Gasteiger partial charge in [-0.1, -0.05) is 12.1 Å².